The number of aromatic nitrogens is 4. The molecular weight excluding hydrogens is 337 g/mol. The van der Waals surface area contributed by atoms with E-state index in [4.69, 9.17) is 4.74 Å². The maximum atomic E-state index is 13.7. The lowest BCUT2D eigenvalue weighted by Crippen LogP contribution is -2.44. The van der Waals surface area contributed by atoms with Gasteiger partial charge in [-0.25, -0.2) is 9.07 Å². The molecule has 1 atom stereocenters. The minimum Gasteiger partial charge on any atom is -0.487 e. The monoisotopic (exact) mass is 359 g/mol. The van der Waals surface area contributed by atoms with Gasteiger partial charge in [0, 0.05) is 32.5 Å². The van der Waals surface area contributed by atoms with E-state index in [1.54, 1.807) is 22.9 Å². The highest BCUT2D eigenvalue weighted by molar-refractivity contribution is 5.83. The fourth-order valence-corrected chi connectivity index (χ4v) is 3.73. The fraction of sp³-hybridized carbons (Fsp3) is 0.556. The van der Waals surface area contributed by atoms with Gasteiger partial charge in [0.1, 0.15) is 6.10 Å². The van der Waals surface area contributed by atoms with Gasteiger partial charge in [0.25, 0.3) is 0 Å². The highest BCUT2D eigenvalue weighted by atomic mass is 19.1. The zero-order valence-corrected chi connectivity index (χ0v) is 14.6. The quantitative estimate of drug-likeness (QED) is 0.840. The Bertz CT molecular complexity index is 772. The first kappa shape index (κ1) is 16.9. The zero-order valence-electron chi connectivity index (χ0n) is 14.6. The van der Waals surface area contributed by atoms with E-state index >= 15 is 0 Å². The minimum absolute atomic E-state index is 0.0737. The molecule has 0 aliphatic carbocycles. The van der Waals surface area contributed by atoms with Gasteiger partial charge in [0.2, 0.25) is 5.91 Å². The van der Waals surface area contributed by atoms with Crippen LogP contribution < -0.4 is 4.74 Å². The summed E-state index contributed by atoms with van der Waals surface area (Å²) in [4.78, 5) is 14.9. The fourth-order valence-electron chi connectivity index (χ4n) is 3.73. The van der Waals surface area contributed by atoms with Crippen LogP contribution in [0, 0.1) is 5.82 Å². The molecule has 26 heavy (non-hydrogen) atoms. The predicted octanol–water partition coefficient (Wildman–Crippen LogP) is 2.15. The van der Waals surface area contributed by atoms with Crippen LogP contribution in [0.5, 0.6) is 5.75 Å². The van der Waals surface area contributed by atoms with Gasteiger partial charge in [-0.15, -0.1) is 5.10 Å². The van der Waals surface area contributed by atoms with Crippen molar-refractivity contribution in [1.29, 1.82) is 0 Å². The van der Waals surface area contributed by atoms with E-state index in [1.165, 1.54) is 6.07 Å². The Morgan fingerprint density at radius 2 is 1.92 bits per heavy atom. The molecule has 1 saturated heterocycles. The number of fused-ring (bicyclic) bond motifs is 1. The number of rotatable bonds is 3. The van der Waals surface area contributed by atoms with E-state index in [0.717, 1.165) is 25.8 Å². The minimum atomic E-state index is -0.351. The second-order valence-electron chi connectivity index (χ2n) is 6.88. The molecule has 8 heteroatoms. The van der Waals surface area contributed by atoms with Crippen molar-refractivity contribution in [3.05, 3.63) is 35.9 Å². The Labute approximate surface area is 151 Å². The van der Waals surface area contributed by atoms with Crippen molar-refractivity contribution >= 4 is 5.91 Å². The number of carbonyl (C=O) groups is 1. The molecular formula is C18H22FN5O2. The lowest BCUT2D eigenvalue weighted by molar-refractivity contribution is -0.135. The molecule has 3 heterocycles. The molecule has 1 fully saturated rings. The highest BCUT2D eigenvalue weighted by Crippen LogP contribution is 2.28. The van der Waals surface area contributed by atoms with Crippen LogP contribution in [0.4, 0.5) is 4.39 Å². The number of hydrogen-bond donors (Lipinski definition) is 0. The summed E-state index contributed by atoms with van der Waals surface area (Å²) in [7, 11) is 0. The number of likely N-dealkylation sites (tertiary alicyclic amines) is 1. The number of piperidine rings is 1. The van der Waals surface area contributed by atoms with Crippen molar-refractivity contribution in [2.24, 2.45) is 0 Å². The molecule has 138 valence electrons. The number of hydrogen-bond acceptors (Lipinski definition) is 5. The number of halogens is 1. The van der Waals surface area contributed by atoms with E-state index < -0.39 is 0 Å². The summed E-state index contributed by atoms with van der Waals surface area (Å²) in [6.45, 7) is 1.98. The average molecular weight is 359 g/mol. The second-order valence-corrected chi connectivity index (χ2v) is 6.88. The molecule has 7 nitrogen and oxygen atoms in total. The molecule has 2 aliphatic heterocycles. The van der Waals surface area contributed by atoms with E-state index in [9.17, 15) is 9.18 Å². The Morgan fingerprint density at radius 1 is 1.12 bits per heavy atom. The Kier molecular flexibility index (Phi) is 4.81. The number of benzene rings is 1. The van der Waals surface area contributed by atoms with Crippen molar-refractivity contribution in [2.45, 2.75) is 50.7 Å². The van der Waals surface area contributed by atoms with Crippen molar-refractivity contribution in [3.8, 4) is 5.75 Å². The second kappa shape index (κ2) is 7.39. The number of tetrazole rings is 1. The standard InChI is InChI=1S/C18H22FN5O2/c19-15-6-1-2-7-16(15)26-13-8-11-23(12-9-13)18(25)14-5-3-4-10-24-17(14)20-21-22-24/h1-2,6-7,13-14H,3-5,8-12H2. The summed E-state index contributed by atoms with van der Waals surface area (Å²) in [5, 5.41) is 11.8. The van der Waals surface area contributed by atoms with E-state index in [-0.39, 0.29) is 29.5 Å². The number of para-hydroxylation sites is 1. The van der Waals surface area contributed by atoms with Crippen molar-refractivity contribution in [3.63, 3.8) is 0 Å². The topological polar surface area (TPSA) is 73.1 Å². The molecule has 0 saturated carbocycles. The predicted molar refractivity (Wildman–Crippen MR) is 91.0 cm³/mol. The summed E-state index contributed by atoms with van der Waals surface area (Å²) >= 11 is 0. The first-order valence-electron chi connectivity index (χ1n) is 9.18. The van der Waals surface area contributed by atoms with Crippen LogP contribution in [0.1, 0.15) is 43.8 Å². The van der Waals surface area contributed by atoms with Gasteiger partial charge in [-0.2, -0.15) is 0 Å². The third-order valence-electron chi connectivity index (χ3n) is 5.17. The Hall–Kier alpha value is -2.51. The maximum Gasteiger partial charge on any atom is 0.233 e. The van der Waals surface area contributed by atoms with Crippen molar-refractivity contribution in [1.82, 2.24) is 25.1 Å². The molecule has 0 spiro atoms. The van der Waals surface area contributed by atoms with Crippen LogP contribution in [-0.2, 0) is 11.3 Å². The average Bonchev–Trinajstić information content (AvgIpc) is 3.03. The summed E-state index contributed by atoms with van der Waals surface area (Å²) in [6.07, 6.45) is 4.06. The van der Waals surface area contributed by atoms with Gasteiger partial charge >= 0.3 is 0 Å². The molecule has 1 amide bonds. The SMILES string of the molecule is O=C(C1CCCCn2nnnc21)N1CCC(Oc2ccccc2F)CC1. The van der Waals surface area contributed by atoms with Crippen LogP contribution >= 0.6 is 0 Å². The molecule has 2 aromatic rings. The summed E-state index contributed by atoms with van der Waals surface area (Å²) < 4.78 is 21.3. The molecule has 1 aromatic carbocycles. The van der Waals surface area contributed by atoms with Crippen LogP contribution in [0.2, 0.25) is 0 Å². The molecule has 1 unspecified atom stereocenters. The van der Waals surface area contributed by atoms with Crippen LogP contribution in [-0.4, -0.2) is 50.2 Å². The zero-order chi connectivity index (χ0) is 17.9. The third kappa shape index (κ3) is 3.40. The van der Waals surface area contributed by atoms with Crippen molar-refractivity contribution in [2.75, 3.05) is 13.1 Å². The first-order chi connectivity index (χ1) is 12.7. The maximum absolute atomic E-state index is 13.7. The van der Waals surface area contributed by atoms with E-state index in [0.29, 0.717) is 31.8 Å². The highest BCUT2D eigenvalue weighted by Gasteiger charge is 2.34. The van der Waals surface area contributed by atoms with Crippen LogP contribution in [0.25, 0.3) is 0 Å². The van der Waals surface area contributed by atoms with Gasteiger partial charge < -0.3 is 9.64 Å². The number of nitrogens with zero attached hydrogens (tertiary/aromatic N) is 5. The molecule has 0 bridgehead atoms. The largest absolute Gasteiger partial charge is 0.487 e. The van der Waals surface area contributed by atoms with E-state index in [2.05, 4.69) is 15.5 Å². The Balaban J connectivity index is 1.38. The summed E-state index contributed by atoms with van der Waals surface area (Å²) in [5.41, 5.74) is 0. The van der Waals surface area contributed by atoms with Gasteiger partial charge in [0.15, 0.2) is 17.4 Å². The molecule has 4 rings (SSSR count). The van der Waals surface area contributed by atoms with Gasteiger partial charge in [0.05, 0.1) is 5.92 Å². The van der Waals surface area contributed by atoms with Crippen LogP contribution in [0.3, 0.4) is 0 Å². The van der Waals surface area contributed by atoms with Crippen molar-refractivity contribution < 1.29 is 13.9 Å². The number of ether oxygens (including phenoxy) is 1. The summed E-state index contributed by atoms with van der Waals surface area (Å²) in [5.74, 6) is 0.428. The lowest BCUT2D eigenvalue weighted by atomic mass is 9.98. The van der Waals surface area contributed by atoms with Gasteiger partial charge in [-0.3, -0.25) is 4.79 Å². The lowest BCUT2D eigenvalue weighted by Gasteiger charge is -2.34. The number of carbonyl (C=O) groups excluding carboxylic acids is 1. The van der Waals surface area contributed by atoms with Crippen LogP contribution in [0.15, 0.2) is 24.3 Å². The Morgan fingerprint density at radius 3 is 2.73 bits per heavy atom. The number of aryl methyl sites for hydroxylation is 1. The third-order valence-corrected chi connectivity index (χ3v) is 5.17. The molecule has 1 aromatic heterocycles. The van der Waals surface area contributed by atoms with E-state index in [1.807, 2.05) is 4.90 Å². The number of amides is 1. The normalized spacial score (nSPS) is 21.1. The van der Waals surface area contributed by atoms with Gasteiger partial charge in [-0.05, 0) is 35.4 Å². The molecule has 0 N–H and O–H groups in total. The van der Waals surface area contributed by atoms with Gasteiger partial charge in [-0.1, -0.05) is 18.6 Å². The summed E-state index contributed by atoms with van der Waals surface area (Å²) in [6, 6.07) is 6.43. The first-order valence-corrected chi connectivity index (χ1v) is 9.18. The smallest absolute Gasteiger partial charge is 0.233 e. The molecule has 2 aliphatic rings. The molecule has 0 radical (unpaired) electrons.